The zero-order valence-corrected chi connectivity index (χ0v) is 13.0. The molecular formula is C16H25NO3. The van der Waals surface area contributed by atoms with E-state index in [0.717, 1.165) is 5.56 Å². The number of ether oxygens (including phenoxy) is 1. The van der Waals surface area contributed by atoms with E-state index in [2.05, 4.69) is 0 Å². The molecule has 20 heavy (non-hydrogen) atoms. The summed E-state index contributed by atoms with van der Waals surface area (Å²) in [7, 11) is 0. The van der Waals surface area contributed by atoms with Crippen LogP contribution in [0.3, 0.4) is 0 Å². The highest BCUT2D eigenvalue weighted by atomic mass is 16.5. The minimum Gasteiger partial charge on any atom is -0.484 e. The summed E-state index contributed by atoms with van der Waals surface area (Å²) >= 11 is 0. The van der Waals surface area contributed by atoms with Gasteiger partial charge in [0.1, 0.15) is 5.75 Å². The summed E-state index contributed by atoms with van der Waals surface area (Å²) in [6, 6.07) is 5.81. The third-order valence-electron chi connectivity index (χ3n) is 3.25. The molecule has 1 N–H and O–H groups in total. The van der Waals surface area contributed by atoms with E-state index in [4.69, 9.17) is 4.74 Å². The number of aliphatic hydroxyl groups excluding tert-OH is 1. The van der Waals surface area contributed by atoms with Crippen molar-refractivity contribution in [3.05, 3.63) is 29.3 Å². The van der Waals surface area contributed by atoms with E-state index in [0.29, 0.717) is 12.3 Å². The van der Waals surface area contributed by atoms with E-state index in [-0.39, 0.29) is 18.6 Å². The predicted octanol–water partition coefficient (Wildman–Crippen LogP) is 2.30. The van der Waals surface area contributed by atoms with Crippen molar-refractivity contribution in [3.63, 3.8) is 0 Å². The molecule has 0 fully saturated rings. The molecule has 0 aromatic heterocycles. The van der Waals surface area contributed by atoms with Gasteiger partial charge in [0.2, 0.25) is 0 Å². The Morgan fingerprint density at radius 3 is 2.40 bits per heavy atom. The number of aryl methyl sites for hydroxylation is 2. The van der Waals surface area contributed by atoms with Crippen molar-refractivity contribution in [2.75, 3.05) is 13.2 Å². The van der Waals surface area contributed by atoms with Gasteiger partial charge in [0.15, 0.2) is 6.61 Å². The lowest BCUT2D eigenvalue weighted by atomic mass is 10.1. The molecular weight excluding hydrogens is 254 g/mol. The number of hydrogen-bond acceptors (Lipinski definition) is 3. The number of carbonyl (C=O) groups is 1. The van der Waals surface area contributed by atoms with Crippen LogP contribution in [0.1, 0.15) is 31.9 Å². The van der Waals surface area contributed by atoms with E-state index in [1.54, 1.807) is 11.8 Å². The van der Waals surface area contributed by atoms with Crippen LogP contribution in [0.4, 0.5) is 0 Å². The molecule has 1 rings (SSSR count). The van der Waals surface area contributed by atoms with E-state index < -0.39 is 6.10 Å². The van der Waals surface area contributed by atoms with Gasteiger partial charge in [-0.15, -0.1) is 0 Å². The van der Waals surface area contributed by atoms with Crippen LogP contribution in [0.25, 0.3) is 0 Å². The van der Waals surface area contributed by atoms with Crippen molar-refractivity contribution in [2.45, 2.75) is 46.8 Å². The standard InChI is InChI=1S/C16H25NO3/c1-11(2)17(9-14(5)18)16(19)10-20-15-7-6-12(3)13(4)8-15/h6-8,11,14,18H,9-10H2,1-5H3. The van der Waals surface area contributed by atoms with Crippen molar-refractivity contribution >= 4 is 5.91 Å². The van der Waals surface area contributed by atoms with Gasteiger partial charge < -0.3 is 14.7 Å². The summed E-state index contributed by atoms with van der Waals surface area (Å²) in [6.07, 6.45) is -0.539. The largest absolute Gasteiger partial charge is 0.484 e. The normalized spacial score (nSPS) is 12.3. The Labute approximate surface area is 121 Å². The first kappa shape index (κ1) is 16.5. The molecule has 0 saturated heterocycles. The van der Waals surface area contributed by atoms with Gasteiger partial charge in [-0.05, 0) is 57.9 Å². The fraction of sp³-hybridized carbons (Fsp3) is 0.562. The Morgan fingerprint density at radius 2 is 1.90 bits per heavy atom. The van der Waals surface area contributed by atoms with Gasteiger partial charge in [-0.2, -0.15) is 0 Å². The van der Waals surface area contributed by atoms with Crippen LogP contribution in [-0.2, 0) is 4.79 Å². The molecule has 0 radical (unpaired) electrons. The van der Waals surface area contributed by atoms with Crippen molar-refractivity contribution in [1.29, 1.82) is 0 Å². The average molecular weight is 279 g/mol. The summed E-state index contributed by atoms with van der Waals surface area (Å²) in [5.74, 6) is 0.585. The molecule has 4 nitrogen and oxygen atoms in total. The molecule has 4 heteroatoms. The summed E-state index contributed by atoms with van der Waals surface area (Å²) in [5, 5.41) is 9.44. The highest BCUT2D eigenvalue weighted by Crippen LogP contribution is 2.16. The van der Waals surface area contributed by atoms with Crippen LogP contribution < -0.4 is 4.74 Å². The highest BCUT2D eigenvalue weighted by molar-refractivity contribution is 5.78. The van der Waals surface area contributed by atoms with Crippen LogP contribution in [0.5, 0.6) is 5.75 Å². The summed E-state index contributed by atoms with van der Waals surface area (Å²) in [5.41, 5.74) is 2.33. The maximum absolute atomic E-state index is 12.1. The summed E-state index contributed by atoms with van der Waals surface area (Å²) < 4.78 is 5.54. The summed E-state index contributed by atoms with van der Waals surface area (Å²) in [4.78, 5) is 13.8. The first-order chi connectivity index (χ1) is 9.31. The molecule has 0 aliphatic rings. The van der Waals surface area contributed by atoms with Crippen molar-refractivity contribution in [2.24, 2.45) is 0 Å². The third kappa shape index (κ3) is 4.85. The zero-order valence-electron chi connectivity index (χ0n) is 13.0. The molecule has 0 aliphatic heterocycles. The molecule has 0 heterocycles. The molecule has 0 bridgehead atoms. The maximum Gasteiger partial charge on any atom is 0.260 e. The highest BCUT2D eigenvalue weighted by Gasteiger charge is 2.19. The molecule has 0 aliphatic carbocycles. The van der Waals surface area contributed by atoms with E-state index in [1.165, 1.54) is 5.56 Å². The zero-order chi connectivity index (χ0) is 15.3. The predicted molar refractivity (Wildman–Crippen MR) is 79.9 cm³/mol. The van der Waals surface area contributed by atoms with Gasteiger partial charge >= 0.3 is 0 Å². The van der Waals surface area contributed by atoms with Crippen molar-refractivity contribution in [3.8, 4) is 5.75 Å². The maximum atomic E-state index is 12.1. The van der Waals surface area contributed by atoms with Crippen LogP contribution in [0.15, 0.2) is 18.2 Å². The quantitative estimate of drug-likeness (QED) is 0.869. The average Bonchev–Trinajstić information content (AvgIpc) is 2.36. The van der Waals surface area contributed by atoms with Crippen molar-refractivity contribution < 1.29 is 14.6 Å². The molecule has 1 aromatic carbocycles. The Bertz CT molecular complexity index is 455. The first-order valence-electron chi connectivity index (χ1n) is 6.99. The van der Waals surface area contributed by atoms with Gasteiger partial charge in [-0.1, -0.05) is 6.07 Å². The van der Waals surface area contributed by atoms with Crippen molar-refractivity contribution in [1.82, 2.24) is 4.90 Å². The SMILES string of the molecule is Cc1ccc(OCC(=O)N(CC(C)O)C(C)C)cc1C. The van der Waals surface area contributed by atoms with Gasteiger partial charge in [-0.3, -0.25) is 4.79 Å². The monoisotopic (exact) mass is 279 g/mol. The number of hydrogen-bond donors (Lipinski definition) is 1. The molecule has 0 saturated carbocycles. The first-order valence-corrected chi connectivity index (χ1v) is 6.99. The minimum atomic E-state index is -0.539. The number of amides is 1. The number of carbonyl (C=O) groups excluding carboxylic acids is 1. The molecule has 1 atom stereocenters. The molecule has 112 valence electrons. The molecule has 1 amide bonds. The number of rotatable bonds is 6. The molecule has 1 unspecified atom stereocenters. The molecule has 0 spiro atoms. The van der Waals surface area contributed by atoms with E-state index in [1.807, 2.05) is 45.9 Å². The van der Waals surface area contributed by atoms with Crippen LogP contribution in [0.2, 0.25) is 0 Å². The smallest absolute Gasteiger partial charge is 0.260 e. The lowest BCUT2D eigenvalue weighted by Gasteiger charge is -2.28. The Hall–Kier alpha value is -1.55. The minimum absolute atomic E-state index is 0.00655. The number of nitrogens with zero attached hydrogens (tertiary/aromatic N) is 1. The second-order valence-corrected chi connectivity index (χ2v) is 5.52. The number of benzene rings is 1. The second kappa shape index (κ2) is 7.29. The van der Waals surface area contributed by atoms with Crippen LogP contribution >= 0.6 is 0 Å². The molecule has 1 aromatic rings. The lowest BCUT2D eigenvalue weighted by Crippen LogP contribution is -2.43. The van der Waals surface area contributed by atoms with E-state index in [9.17, 15) is 9.90 Å². The van der Waals surface area contributed by atoms with E-state index >= 15 is 0 Å². The number of aliphatic hydroxyl groups is 1. The Kier molecular flexibility index (Phi) is 6.02. The summed E-state index contributed by atoms with van der Waals surface area (Å²) in [6.45, 7) is 9.89. The van der Waals surface area contributed by atoms with Crippen LogP contribution in [0, 0.1) is 13.8 Å². The van der Waals surface area contributed by atoms with Crippen LogP contribution in [-0.4, -0.2) is 41.2 Å². The van der Waals surface area contributed by atoms with Gasteiger partial charge in [-0.25, -0.2) is 0 Å². The van der Waals surface area contributed by atoms with Gasteiger partial charge in [0.25, 0.3) is 5.91 Å². The Morgan fingerprint density at radius 1 is 1.25 bits per heavy atom. The fourth-order valence-corrected chi connectivity index (χ4v) is 1.92. The van der Waals surface area contributed by atoms with Gasteiger partial charge in [0, 0.05) is 12.6 Å². The third-order valence-corrected chi connectivity index (χ3v) is 3.25. The Balaban J connectivity index is 2.62. The lowest BCUT2D eigenvalue weighted by molar-refractivity contribution is -0.136. The fourth-order valence-electron chi connectivity index (χ4n) is 1.92. The van der Waals surface area contributed by atoms with Gasteiger partial charge in [0.05, 0.1) is 6.10 Å². The second-order valence-electron chi connectivity index (χ2n) is 5.52. The topological polar surface area (TPSA) is 49.8 Å².